The van der Waals surface area contributed by atoms with E-state index in [1.54, 1.807) is 0 Å². The summed E-state index contributed by atoms with van der Waals surface area (Å²) in [5, 5.41) is 3.60. The number of fused-ring (bicyclic) bond motifs is 1. The first-order valence-corrected chi connectivity index (χ1v) is 7.28. The maximum atomic E-state index is 12.0. The van der Waals surface area contributed by atoms with Crippen LogP contribution in [0, 0.1) is 0 Å². The molecular weight excluding hydrogens is 218 g/mol. The molecule has 1 N–H and O–H groups in total. The maximum absolute atomic E-state index is 12.0. The summed E-state index contributed by atoms with van der Waals surface area (Å²) in [4.78, 5) is 0. The van der Waals surface area contributed by atoms with Crippen molar-refractivity contribution in [2.45, 2.75) is 31.1 Å². The van der Waals surface area contributed by atoms with E-state index in [2.05, 4.69) is 29.6 Å². The Labute approximate surface area is 99.9 Å². The van der Waals surface area contributed by atoms with Crippen molar-refractivity contribution in [2.75, 3.05) is 12.8 Å². The van der Waals surface area contributed by atoms with Crippen LogP contribution in [0.15, 0.2) is 24.3 Å². The van der Waals surface area contributed by atoms with Gasteiger partial charge >= 0.3 is 0 Å². The molecule has 0 spiro atoms. The van der Waals surface area contributed by atoms with Gasteiger partial charge in [-0.25, -0.2) is 0 Å². The van der Waals surface area contributed by atoms with E-state index in [9.17, 15) is 4.21 Å². The largest absolute Gasteiger partial charge is 0.312 e. The zero-order valence-corrected chi connectivity index (χ0v) is 10.7. The molecule has 3 atom stereocenters. The van der Waals surface area contributed by atoms with Crippen LogP contribution in [0.2, 0.25) is 0 Å². The molecule has 88 valence electrons. The fourth-order valence-corrected chi connectivity index (χ4v) is 3.96. The van der Waals surface area contributed by atoms with Crippen LogP contribution >= 0.6 is 0 Å². The van der Waals surface area contributed by atoms with E-state index in [-0.39, 0.29) is 11.3 Å². The summed E-state index contributed by atoms with van der Waals surface area (Å²) in [5.41, 5.74) is 2.74. The lowest BCUT2D eigenvalue weighted by Crippen LogP contribution is -2.37. The van der Waals surface area contributed by atoms with E-state index in [0.717, 1.165) is 18.6 Å². The monoisotopic (exact) mass is 237 g/mol. The van der Waals surface area contributed by atoms with Gasteiger partial charge in [0.1, 0.15) is 0 Å². The van der Waals surface area contributed by atoms with Crippen molar-refractivity contribution in [3.05, 3.63) is 35.4 Å². The molecule has 1 aromatic carbocycles. The Balaban J connectivity index is 2.33. The summed E-state index contributed by atoms with van der Waals surface area (Å²) in [6.45, 7) is 2.00. The van der Waals surface area contributed by atoms with Gasteiger partial charge in [-0.15, -0.1) is 0 Å². The highest BCUT2D eigenvalue weighted by Crippen LogP contribution is 2.32. The minimum absolute atomic E-state index is 0.255. The molecule has 1 aliphatic carbocycles. The predicted molar refractivity (Wildman–Crippen MR) is 69.0 cm³/mol. The van der Waals surface area contributed by atoms with Gasteiger partial charge in [0, 0.05) is 22.6 Å². The average molecular weight is 237 g/mol. The lowest BCUT2D eigenvalue weighted by molar-refractivity contribution is 0.498. The molecular formula is C13H19NOS. The molecule has 16 heavy (non-hydrogen) atoms. The van der Waals surface area contributed by atoms with E-state index in [4.69, 9.17) is 0 Å². The SMILES string of the molecule is CCS(=O)C1CCc2ccccc2C1NC. The lowest BCUT2D eigenvalue weighted by atomic mass is 9.87. The molecule has 2 nitrogen and oxygen atoms in total. The summed E-state index contributed by atoms with van der Waals surface area (Å²) >= 11 is 0. The first-order valence-electron chi connectivity index (χ1n) is 5.90. The third-order valence-electron chi connectivity index (χ3n) is 3.39. The number of aryl methyl sites for hydroxylation is 1. The van der Waals surface area contributed by atoms with Gasteiger partial charge in [-0.2, -0.15) is 0 Å². The Bertz CT molecular complexity index is 391. The van der Waals surface area contributed by atoms with Crippen molar-refractivity contribution in [3.63, 3.8) is 0 Å². The fourth-order valence-electron chi connectivity index (χ4n) is 2.57. The molecule has 3 heteroatoms. The first kappa shape index (κ1) is 11.8. The van der Waals surface area contributed by atoms with Crippen molar-refractivity contribution < 1.29 is 4.21 Å². The fraction of sp³-hybridized carbons (Fsp3) is 0.538. The molecule has 0 bridgehead atoms. The summed E-state index contributed by atoms with van der Waals surface area (Å²) in [7, 11) is 1.25. The van der Waals surface area contributed by atoms with Crippen LogP contribution in [0.1, 0.15) is 30.5 Å². The molecule has 0 aliphatic heterocycles. The molecule has 0 amide bonds. The molecule has 0 heterocycles. The Kier molecular flexibility index (Phi) is 3.77. The number of hydrogen-bond acceptors (Lipinski definition) is 2. The normalized spacial score (nSPS) is 26.1. The van der Waals surface area contributed by atoms with E-state index in [1.807, 2.05) is 14.0 Å². The van der Waals surface area contributed by atoms with Crippen LogP contribution in [-0.4, -0.2) is 22.3 Å². The highest BCUT2D eigenvalue weighted by atomic mass is 32.2. The molecule has 1 aliphatic rings. The summed E-state index contributed by atoms with van der Waals surface area (Å²) < 4.78 is 12.0. The second-order valence-corrected chi connectivity index (χ2v) is 6.16. The van der Waals surface area contributed by atoms with Gasteiger partial charge in [-0.1, -0.05) is 31.2 Å². The quantitative estimate of drug-likeness (QED) is 0.871. The summed E-state index contributed by atoms with van der Waals surface area (Å²) in [5.74, 6) is 0.755. The molecule has 3 unspecified atom stereocenters. The lowest BCUT2D eigenvalue weighted by Gasteiger charge is -2.32. The van der Waals surface area contributed by atoms with Crippen LogP contribution in [0.3, 0.4) is 0 Å². The smallest absolute Gasteiger partial charge is 0.0545 e. The summed E-state index contributed by atoms with van der Waals surface area (Å²) in [6, 6.07) is 8.76. The number of benzene rings is 1. The molecule has 1 aromatic rings. The Hall–Kier alpha value is -0.670. The van der Waals surface area contributed by atoms with Gasteiger partial charge in [0.15, 0.2) is 0 Å². The van der Waals surface area contributed by atoms with Crippen LogP contribution in [-0.2, 0) is 17.2 Å². The Morgan fingerprint density at radius 3 is 2.88 bits per heavy atom. The van der Waals surface area contributed by atoms with Crippen LogP contribution in [0.25, 0.3) is 0 Å². The second kappa shape index (κ2) is 5.11. The van der Waals surface area contributed by atoms with Gasteiger partial charge in [-0.3, -0.25) is 4.21 Å². The van der Waals surface area contributed by atoms with Gasteiger partial charge in [0.05, 0.1) is 5.25 Å². The predicted octanol–water partition coefficient (Wildman–Crippen LogP) is 2.03. The average Bonchev–Trinajstić information content (AvgIpc) is 2.36. The minimum Gasteiger partial charge on any atom is -0.312 e. The van der Waals surface area contributed by atoms with Gasteiger partial charge in [0.25, 0.3) is 0 Å². The molecule has 0 saturated carbocycles. The van der Waals surface area contributed by atoms with Crippen LogP contribution in [0.5, 0.6) is 0 Å². The van der Waals surface area contributed by atoms with Gasteiger partial charge in [-0.05, 0) is 31.0 Å². The molecule has 0 radical (unpaired) electrons. The highest BCUT2D eigenvalue weighted by Gasteiger charge is 2.31. The van der Waals surface area contributed by atoms with Crippen molar-refractivity contribution >= 4 is 10.8 Å². The van der Waals surface area contributed by atoms with Crippen molar-refractivity contribution in [1.82, 2.24) is 5.32 Å². The zero-order chi connectivity index (χ0) is 11.5. The minimum atomic E-state index is -0.713. The molecule has 0 saturated heterocycles. The zero-order valence-electron chi connectivity index (χ0n) is 9.90. The van der Waals surface area contributed by atoms with Crippen molar-refractivity contribution in [2.24, 2.45) is 0 Å². The topological polar surface area (TPSA) is 29.1 Å². The first-order chi connectivity index (χ1) is 7.77. The van der Waals surface area contributed by atoms with Gasteiger partial charge < -0.3 is 5.32 Å². The Morgan fingerprint density at radius 2 is 2.19 bits per heavy atom. The highest BCUT2D eigenvalue weighted by molar-refractivity contribution is 7.85. The van der Waals surface area contributed by atoms with E-state index in [0.29, 0.717) is 0 Å². The number of rotatable bonds is 3. The van der Waals surface area contributed by atoms with E-state index in [1.165, 1.54) is 11.1 Å². The molecule has 2 rings (SSSR count). The maximum Gasteiger partial charge on any atom is 0.0545 e. The molecule has 0 aromatic heterocycles. The Morgan fingerprint density at radius 1 is 1.44 bits per heavy atom. The standard InChI is InChI=1S/C13H19NOS/c1-3-16(15)12-9-8-10-6-4-5-7-11(10)13(12)14-2/h4-7,12-14H,3,8-9H2,1-2H3. The van der Waals surface area contributed by atoms with Crippen molar-refractivity contribution in [3.8, 4) is 0 Å². The van der Waals surface area contributed by atoms with Crippen molar-refractivity contribution in [1.29, 1.82) is 0 Å². The number of nitrogens with one attached hydrogen (secondary N) is 1. The van der Waals surface area contributed by atoms with Crippen LogP contribution in [0.4, 0.5) is 0 Å². The third kappa shape index (κ3) is 2.06. The third-order valence-corrected chi connectivity index (χ3v) is 5.15. The van der Waals surface area contributed by atoms with E-state index < -0.39 is 10.8 Å². The van der Waals surface area contributed by atoms with Gasteiger partial charge in [0.2, 0.25) is 0 Å². The second-order valence-electron chi connectivity index (χ2n) is 4.21. The molecule has 0 fully saturated rings. The van der Waals surface area contributed by atoms with Crippen LogP contribution < -0.4 is 5.32 Å². The summed E-state index contributed by atoms with van der Waals surface area (Å²) in [6.07, 6.45) is 2.09. The van der Waals surface area contributed by atoms with E-state index >= 15 is 0 Å². The number of hydrogen-bond donors (Lipinski definition) is 1.